The number of likely N-dealkylation sites (tertiary alicyclic amines) is 1. The summed E-state index contributed by atoms with van der Waals surface area (Å²) in [5.74, 6) is 2.83. The largest absolute Gasteiger partial charge is 0.496 e. The normalized spacial score (nSPS) is 16.4. The fourth-order valence-corrected chi connectivity index (χ4v) is 3.25. The van der Waals surface area contributed by atoms with Crippen molar-refractivity contribution < 1.29 is 9.47 Å². The number of hydrogen-bond donors (Lipinski definition) is 2. The van der Waals surface area contributed by atoms with Crippen molar-refractivity contribution in [1.29, 1.82) is 0 Å². The Bertz CT molecular complexity index is 1030. The number of benzene rings is 1. The Hall–Kier alpha value is -3.64. The van der Waals surface area contributed by atoms with Gasteiger partial charge in [-0.05, 0) is 25.6 Å². The Labute approximate surface area is 168 Å². The van der Waals surface area contributed by atoms with Gasteiger partial charge in [-0.25, -0.2) is 4.98 Å². The van der Waals surface area contributed by atoms with E-state index in [0.29, 0.717) is 17.4 Å². The molecule has 2 aromatic heterocycles. The second kappa shape index (κ2) is 8.16. The summed E-state index contributed by atoms with van der Waals surface area (Å²) >= 11 is 0. The van der Waals surface area contributed by atoms with Crippen LogP contribution in [-0.4, -0.2) is 58.4 Å². The van der Waals surface area contributed by atoms with E-state index in [1.807, 2.05) is 24.3 Å². The molecule has 0 amide bonds. The third-order valence-electron chi connectivity index (χ3n) is 4.70. The summed E-state index contributed by atoms with van der Waals surface area (Å²) in [5, 5.41) is 10.3. The lowest BCUT2D eigenvalue weighted by atomic mass is 10.1. The van der Waals surface area contributed by atoms with Crippen LogP contribution in [0.5, 0.6) is 11.5 Å². The number of aromatic amines is 1. The fraction of sp³-hybridized carbons (Fsp3) is 0.300. The van der Waals surface area contributed by atoms with E-state index in [2.05, 4.69) is 42.3 Å². The summed E-state index contributed by atoms with van der Waals surface area (Å²) < 4.78 is 11.7. The maximum atomic E-state index is 6.92. The number of ether oxygens (including phenoxy) is 2. The molecule has 29 heavy (non-hydrogen) atoms. The Morgan fingerprint density at radius 2 is 2.14 bits per heavy atom. The molecule has 1 aliphatic heterocycles. The Kier molecular flexibility index (Phi) is 5.27. The van der Waals surface area contributed by atoms with Gasteiger partial charge in [0.2, 0.25) is 0 Å². The van der Waals surface area contributed by atoms with Crippen LogP contribution >= 0.6 is 0 Å². The molecule has 2 N–H and O–H groups in total. The van der Waals surface area contributed by atoms with E-state index < -0.39 is 0 Å². The number of nitrogens with one attached hydrogen (secondary N) is 2. The minimum Gasteiger partial charge on any atom is -0.496 e. The van der Waals surface area contributed by atoms with Crippen molar-refractivity contribution in [2.45, 2.75) is 12.5 Å². The molecule has 148 valence electrons. The zero-order valence-electron chi connectivity index (χ0n) is 16.2. The number of anilines is 2. The molecule has 0 radical (unpaired) electrons. The first kappa shape index (κ1) is 18.7. The van der Waals surface area contributed by atoms with Crippen molar-refractivity contribution >= 4 is 17.5 Å². The number of likely N-dealkylation sites (N-methyl/N-ethyl adjacent to an activating group) is 1. The first-order chi connectivity index (χ1) is 14.1. The molecule has 1 atom stereocenters. The van der Waals surface area contributed by atoms with E-state index in [4.69, 9.17) is 16.0 Å². The van der Waals surface area contributed by atoms with Crippen LogP contribution in [0.1, 0.15) is 6.42 Å². The molecule has 1 saturated heterocycles. The minimum absolute atomic E-state index is 0.203. The Morgan fingerprint density at radius 3 is 2.83 bits per heavy atom. The molecule has 1 fully saturated rings. The molecule has 9 nitrogen and oxygen atoms in total. The minimum atomic E-state index is 0.203. The monoisotopic (exact) mass is 391 g/mol. The van der Waals surface area contributed by atoms with E-state index in [9.17, 15) is 0 Å². The van der Waals surface area contributed by atoms with Crippen molar-refractivity contribution in [2.24, 2.45) is 0 Å². The van der Waals surface area contributed by atoms with Crippen molar-refractivity contribution in [3.05, 3.63) is 48.1 Å². The Morgan fingerprint density at radius 1 is 1.24 bits per heavy atom. The van der Waals surface area contributed by atoms with Crippen molar-refractivity contribution in [2.75, 3.05) is 32.6 Å². The van der Waals surface area contributed by atoms with Crippen LogP contribution in [0.15, 0.2) is 36.7 Å². The summed E-state index contributed by atoms with van der Waals surface area (Å²) in [6.07, 6.45) is 4.13. The lowest BCUT2D eigenvalue weighted by Crippen LogP contribution is -2.21. The maximum absolute atomic E-state index is 6.92. The number of hydrogen-bond acceptors (Lipinski definition) is 7. The molecular formula is C20H21N7O2. The smallest absolute Gasteiger partial charge is 0.288 e. The highest BCUT2D eigenvalue weighted by Crippen LogP contribution is 2.34. The lowest BCUT2D eigenvalue weighted by Gasteiger charge is -2.15. The van der Waals surface area contributed by atoms with E-state index in [1.165, 1.54) is 12.4 Å². The summed E-state index contributed by atoms with van der Waals surface area (Å²) in [6, 6.07) is 7.65. The molecule has 0 aliphatic carbocycles. The van der Waals surface area contributed by atoms with Crippen LogP contribution in [0.3, 0.4) is 0 Å². The predicted octanol–water partition coefficient (Wildman–Crippen LogP) is 3.25. The van der Waals surface area contributed by atoms with Gasteiger partial charge in [0.05, 0.1) is 19.0 Å². The van der Waals surface area contributed by atoms with Crippen LogP contribution < -0.4 is 14.8 Å². The predicted molar refractivity (Wildman–Crippen MR) is 109 cm³/mol. The molecule has 1 aliphatic rings. The molecule has 0 unspecified atom stereocenters. The van der Waals surface area contributed by atoms with Gasteiger partial charge in [0, 0.05) is 30.8 Å². The SMILES string of the molecule is [C-]#[N+]c1cnc(Nc2cc(-c3ccc(O[C@H]4CCN(C)C4)cc3OC)[nH]n2)cn1. The van der Waals surface area contributed by atoms with E-state index in [1.54, 1.807) is 7.11 Å². The van der Waals surface area contributed by atoms with Gasteiger partial charge in [-0.1, -0.05) is 6.57 Å². The summed E-state index contributed by atoms with van der Waals surface area (Å²) in [4.78, 5) is 13.6. The first-order valence-electron chi connectivity index (χ1n) is 9.20. The van der Waals surface area contributed by atoms with Gasteiger partial charge in [-0.3, -0.25) is 5.10 Å². The first-order valence-corrected chi connectivity index (χ1v) is 9.20. The van der Waals surface area contributed by atoms with E-state index >= 15 is 0 Å². The second-order valence-electron chi connectivity index (χ2n) is 6.82. The van der Waals surface area contributed by atoms with Gasteiger partial charge >= 0.3 is 0 Å². The van der Waals surface area contributed by atoms with Gasteiger partial charge in [-0.15, -0.1) is 4.98 Å². The zero-order valence-corrected chi connectivity index (χ0v) is 16.2. The topological polar surface area (TPSA) is 92.6 Å². The molecule has 4 rings (SSSR count). The van der Waals surface area contributed by atoms with Crippen molar-refractivity contribution in [1.82, 2.24) is 25.1 Å². The van der Waals surface area contributed by atoms with Crippen LogP contribution in [0.2, 0.25) is 0 Å². The van der Waals surface area contributed by atoms with Gasteiger partial charge in [-0.2, -0.15) is 5.10 Å². The van der Waals surface area contributed by atoms with Gasteiger partial charge < -0.3 is 24.5 Å². The molecule has 0 spiro atoms. The number of nitrogens with zero attached hydrogens (tertiary/aromatic N) is 5. The number of H-pyrrole nitrogens is 1. The van der Waals surface area contributed by atoms with Crippen LogP contribution in [0.25, 0.3) is 16.1 Å². The highest BCUT2D eigenvalue weighted by atomic mass is 16.5. The highest BCUT2D eigenvalue weighted by Gasteiger charge is 2.21. The summed E-state index contributed by atoms with van der Waals surface area (Å²) in [5.41, 5.74) is 1.67. The average Bonchev–Trinajstić information content (AvgIpc) is 3.37. The second-order valence-corrected chi connectivity index (χ2v) is 6.82. The van der Waals surface area contributed by atoms with E-state index in [-0.39, 0.29) is 11.9 Å². The van der Waals surface area contributed by atoms with Crippen LogP contribution in [0, 0.1) is 6.57 Å². The summed E-state index contributed by atoms with van der Waals surface area (Å²) in [7, 11) is 3.73. The Balaban J connectivity index is 1.49. The van der Waals surface area contributed by atoms with Gasteiger partial charge in [0.15, 0.2) is 17.8 Å². The van der Waals surface area contributed by atoms with Gasteiger partial charge in [0.25, 0.3) is 5.82 Å². The molecule has 3 aromatic rings. The quantitative estimate of drug-likeness (QED) is 0.623. The molecule has 0 saturated carbocycles. The van der Waals surface area contributed by atoms with Crippen LogP contribution in [-0.2, 0) is 0 Å². The molecule has 0 bridgehead atoms. The standard InChI is InChI=1S/C20H21N7O2/c1-21-19-10-23-20(11-22-19)24-18-9-16(25-26-18)15-5-4-13(8-17(15)28-3)29-14-6-7-27(2)12-14/h4-5,8-11,14H,6-7,12H2,2-3H3,(H2,23,24,25,26)/t14-/m0/s1. The lowest BCUT2D eigenvalue weighted by molar-refractivity contribution is 0.207. The number of aromatic nitrogens is 4. The fourth-order valence-electron chi connectivity index (χ4n) is 3.25. The molecular weight excluding hydrogens is 370 g/mol. The van der Waals surface area contributed by atoms with Crippen LogP contribution in [0.4, 0.5) is 17.5 Å². The number of methoxy groups -OCH3 is 1. The third-order valence-corrected chi connectivity index (χ3v) is 4.70. The molecule has 3 heterocycles. The average molecular weight is 391 g/mol. The summed E-state index contributed by atoms with van der Waals surface area (Å²) in [6.45, 7) is 8.90. The van der Waals surface area contributed by atoms with Crippen molar-refractivity contribution in [3.8, 4) is 22.8 Å². The van der Waals surface area contributed by atoms with Gasteiger partial charge in [0.1, 0.15) is 17.6 Å². The maximum Gasteiger partial charge on any atom is 0.288 e. The number of rotatable bonds is 6. The van der Waals surface area contributed by atoms with E-state index in [0.717, 1.165) is 36.5 Å². The molecule has 1 aromatic carbocycles. The van der Waals surface area contributed by atoms with Crippen molar-refractivity contribution in [3.63, 3.8) is 0 Å². The highest BCUT2D eigenvalue weighted by molar-refractivity contribution is 5.71. The third kappa shape index (κ3) is 4.28. The molecule has 9 heteroatoms. The zero-order chi connectivity index (χ0) is 20.2.